The number of anilines is 1. The van der Waals surface area contributed by atoms with Gasteiger partial charge in [-0.2, -0.15) is 0 Å². The van der Waals surface area contributed by atoms with Crippen LogP contribution in [0.1, 0.15) is 45.1 Å². The molecule has 0 aliphatic carbocycles. The molecule has 1 N–H and O–H groups in total. The predicted molar refractivity (Wildman–Crippen MR) is 75.3 cm³/mol. The van der Waals surface area contributed by atoms with Gasteiger partial charge in [-0.05, 0) is 30.9 Å². The van der Waals surface area contributed by atoms with Gasteiger partial charge in [-0.15, -0.1) is 0 Å². The molecular weight excluding hydrogens is 226 g/mol. The summed E-state index contributed by atoms with van der Waals surface area (Å²) in [6.07, 6.45) is 0.927. The lowest BCUT2D eigenvalue weighted by atomic mass is 10.0. The third-order valence-electron chi connectivity index (χ3n) is 3.10. The summed E-state index contributed by atoms with van der Waals surface area (Å²) in [5.41, 5.74) is 2.56. The largest absolute Gasteiger partial charge is 0.481 e. The highest BCUT2D eigenvalue weighted by Crippen LogP contribution is 2.27. The second kappa shape index (κ2) is 7.04. The van der Waals surface area contributed by atoms with Gasteiger partial charge in [-0.1, -0.05) is 32.0 Å². The molecule has 1 rings (SSSR count). The van der Waals surface area contributed by atoms with Crippen LogP contribution in [0.15, 0.2) is 24.3 Å². The second-order valence-corrected chi connectivity index (χ2v) is 4.79. The van der Waals surface area contributed by atoms with Crippen LogP contribution >= 0.6 is 0 Å². The fourth-order valence-electron chi connectivity index (χ4n) is 2.13. The van der Waals surface area contributed by atoms with E-state index in [1.54, 1.807) is 0 Å². The third-order valence-corrected chi connectivity index (χ3v) is 3.10. The molecule has 0 atom stereocenters. The van der Waals surface area contributed by atoms with Crippen molar-refractivity contribution < 1.29 is 9.90 Å². The number of carboxylic acid groups (broad SMARTS) is 1. The molecule has 0 spiro atoms. The minimum Gasteiger partial charge on any atom is -0.481 e. The summed E-state index contributed by atoms with van der Waals surface area (Å²) in [5, 5.41) is 8.69. The van der Waals surface area contributed by atoms with Crippen molar-refractivity contribution >= 4 is 11.7 Å². The van der Waals surface area contributed by atoms with E-state index in [2.05, 4.69) is 43.9 Å². The van der Waals surface area contributed by atoms with Crippen molar-refractivity contribution in [1.29, 1.82) is 0 Å². The van der Waals surface area contributed by atoms with Crippen LogP contribution in [-0.4, -0.2) is 24.2 Å². The highest BCUT2D eigenvalue weighted by Gasteiger charge is 2.11. The summed E-state index contributed by atoms with van der Waals surface area (Å²) in [5.74, 6) is -0.238. The summed E-state index contributed by atoms with van der Waals surface area (Å²) >= 11 is 0. The van der Waals surface area contributed by atoms with Crippen LogP contribution in [0.2, 0.25) is 0 Å². The molecule has 3 heteroatoms. The van der Waals surface area contributed by atoms with E-state index >= 15 is 0 Å². The molecule has 0 aliphatic heterocycles. The maximum atomic E-state index is 10.6. The van der Waals surface area contributed by atoms with Crippen LogP contribution in [0.5, 0.6) is 0 Å². The van der Waals surface area contributed by atoms with Gasteiger partial charge < -0.3 is 10.0 Å². The van der Waals surface area contributed by atoms with Crippen LogP contribution in [0.3, 0.4) is 0 Å². The monoisotopic (exact) mass is 249 g/mol. The molecule has 0 heterocycles. The maximum Gasteiger partial charge on any atom is 0.303 e. The van der Waals surface area contributed by atoms with E-state index in [0.717, 1.165) is 13.1 Å². The molecule has 0 saturated heterocycles. The molecular formula is C15H23NO2. The SMILES string of the molecule is CCN(CCCC(=O)O)c1ccccc1C(C)C. The van der Waals surface area contributed by atoms with Crippen molar-refractivity contribution in [3.63, 3.8) is 0 Å². The van der Waals surface area contributed by atoms with Gasteiger partial charge in [0.1, 0.15) is 0 Å². The van der Waals surface area contributed by atoms with Gasteiger partial charge in [0.15, 0.2) is 0 Å². The maximum absolute atomic E-state index is 10.6. The van der Waals surface area contributed by atoms with Gasteiger partial charge in [0.05, 0.1) is 0 Å². The summed E-state index contributed by atoms with van der Waals surface area (Å²) in [7, 11) is 0. The van der Waals surface area contributed by atoms with Crippen LogP contribution < -0.4 is 4.90 Å². The Kier molecular flexibility index (Phi) is 5.69. The first-order valence-electron chi connectivity index (χ1n) is 6.62. The summed E-state index contributed by atoms with van der Waals surface area (Å²) in [6.45, 7) is 8.18. The van der Waals surface area contributed by atoms with E-state index in [1.807, 2.05) is 6.07 Å². The lowest BCUT2D eigenvalue weighted by molar-refractivity contribution is -0.137. The van der Waals surface area contributed by atoms with Crippen molar-refractivity contribution in [1.82, 2.24) is 0 Å². The smallest absolute Gasteiger partial charge is 0.303 e. The number of benzene rings is 1. The molecule has 0 unspecified atom stereocenters. The van der Waals surface area contributed by atoms with Crippen LogP contribution in [-0.2, 0) is 4.79 Å². The Morgan fingerprint density at radius 2 is 2.00 bits per heavy atom. The van der Waals surface area contributed by atoms with E-state index < -0.39 is 5.97 Å². The highest BCUT2D eigenvalue weighted by molar-refractivity contribution is 5.66. The topological polar surface area (TPSA) is 40.5 Å². The highest BCUT2D eigenvalue weighted by atomic mass is 16.4. The number of aliphatic carboxylic acids is 1. The Labute approximate surface area is 109 Å². The summed E-state index contributed by atoms with van der Waals surface area (Å²) in [4.78, 5) is 12.8. The summed E-state index contributed by atoms with van der Waals surface area (Å²) in [6, 6.07) is 8.38. The fourth-order valence-corrected chi connectivity index (χ4v) is 2.13. The zero-order valence-electron chi connectivity index (χ0n) is 11.5. The normalized spacial score (nSPS) is 10.7. The average molecular weight is 249 g/mol. The standard InChI is InChI=1S/C15H23NO2/c1-4-16(11-7-10-15(17)18)14-9-6-5-8-13(14)12(2)3/h5-6,8-9,12H,4,7,10-11H2,1-3H3,(H,17,18). The zero-order chi connectivity index (χ0) is 13.5. The van der Waals surface area contributed by atoms with Crippen molar-refractivity contribution in [2.24, 2.45) is 0 Å². The number of nitrogens with zero attached hydrogens (tertiary/aromatic N) is 1. The van der Waals surface area contributed by atoms with Crippen molar-refractivity contribution in [2.45, 2.75) is 39.5 Å². The van der Waals surface area contributed by atoms with Crippen LogP contribution in [0, 0.1) is 0 Å². The summed E-state index contributed by atoms with van der Waals surface area (Å²) < 4.78 is 0. The van der Waals surface area contributed by atoms with Crippen LogP contribution in [0.25, 0.3) is 0 Å². The molecule has 0 fully saturated rings. The van der Waals surface area contributed by atoms with Gasteiger partial charge in [0, 0.05) is 25.2 Å². The number of para-hydroxylation sites is 1. The molecule has 0 aromatic heterocycles. The number of carbonyl (C=O) groups is 1. The van der Waals surface area contributed by atoms with Crippen LogP contribution in [0.4, 0.5) is 5.69 Å². The quantitative estimate of drug-likeness (QED) is 0.804. The molecule has 1 aromatic rings. The number of rotatable bonds is 7. The first-order chi connectivity index (χ1) is 8.56. The molecule has 3 nitrogen and oxygen atoms in total. The van der Waals surface area contributed by atoms with E-state index in [4.69, 9.17) is 5.11 Å². The Morgan fingerprint density at radius 3 is 2.56 bits per heavy atom. The Morgan fingerprint density at radius 1 is 1.33 bits per heavy atom. The Bertz CT molecular complexity index is 388. The van der Waals surface area contributed by atoms with Gasteiger partial charge in [-0.25, -0.2) is 0 Å². The molecule has 1 aromatic carbocycles. The molecule has 0 saturated carbocycles. The van der Waals surface area contributed by atoms with Gasteiger partial charge in [-0.3, -0.25) is 4.79 Å². The van der Waals surface area contributed by atoms with Crippen molar-refractivity contribution in [2.75, 3.05) is 18.0 Å². The minimum atomic E-state index is -0.719. The molecule has 0 aliphatic rings. The zero-order valence-corrected chi connectivity index (χ0v) is 11.5. The second-order valence-electron chi connectivity index (χ2n) is 4.79. The minimum absolute atomic E-state index is 0.236. The predicted octanol–water partition coefficient (Wildman–Crippen LogP) is 3.50. The van der Waals surface area contributed by atoms with Gasteiger partial charge in [0.2, 0.25) is 0 Å². The third kappa shape index (κ3) is 4.06. The van der Waals surface area contributed by atoms with E-state index in [9.17, 15) is 4.79 Å². The van der Waals surface area contributed by atoms with E-state index in [-0.39, 0.29) is 6.42 Å². The molecule has 0 radical (unpaired) electrons. The number of hydrogen-bond donors (Lipinski definition) is 1. The first kappa shape index (κ1) is 14.6. The number of carboxylic acids is 1. The van der Waals surface area contributed by atoms with E-state index in [0.29, 0.717) is 12.3 Å². The van der Waals surface area contributed by atoms with Gasteiger partial charge >= 0.3 is 5.97 Å². The lowest BCUT2D eigenvalue weighted by Crippen LogP contribution is -2.25. The lowest BCUT2D eigenvalue weighted by Gasteiger charge is -2.26. The van der Waals surface area contributed by atoms with E-state index in [1.165, 1.54) is 11.3 Å². The first-order valence-corrected chi connectivity index (χ1v) is 6.62. The van der Waals surface area contributed by atoms with Crippen molar-refractivity contribution in [3.8, 4) is 0 Å². The van der Waals surface area contributed by atoms with Crippen molar-refractivity contribution in [3.05, 3.63) is 29.8 Å². The molecule has 0 amide bonds. The average Bonchev–Trinajstić information content (AvgIpc) is 2.34. The fraction of sp³-hybridized carbons (Fsp3) is 0.533. The molecule has 100 valence electrons. The van der Waals surface area contributed by atoms with Gasteiger partial charge in [0.25, 0.3) is 0 Å². The number of hydrogen-bond acceptors (Lipinski definition) is 2. The molecule has 18 heavy (non-hydrogen) atoms. The Hall–Kier alpha value is -1.51. The molecule has 0 bridgehead atoms. The Balaban J connectivity index is 2.78.